The molecule has 0 radical (unpaired) electrons. The van der Waals surface area contributed by atoms with Crippen LogP contribution in [0, 0.1) is 6.92 Å². The summed E-state index contributed by atoms with van der Waals surface area (Å²) in [6.45, 7) is 3.98. The maximum atomic E-state index is 5.81. The van der Waals surface area contributed by atoms with Crippen LogP contribution < -0.4 is 10.6 Å². The van der Waals surface area contributed by atoms with E-state index >= 15 is 0 Å². The molecule has 2 heterocycles. The van der Waals surface area contributed by atoms with Crippen LogP contribution in [-0.2, 0) is 0 Å². The molecule has 2 N–H and O–H groups in total. The number of benzene rings is 1. The van der Waals surface area contributed by atoms with Crippen LogP contribution in [0.4, 0.5) is 11.7 Å². The number of nitrogen functional groups attached to an aromatic ring is 1. The van der Waals surface area contributed by atoms with Crippen LogP contribution in [0.15, 0.2) is 22.6 Å². The van der Waals surface area contributed by atoms with Crippen LogP contribution in [0.25, 0.3) is 11.5 Å². The summed E-state index contributed by atoms with van der Waals surface area (Å²) in [5.74, 6) is 0.559. The number of piperidine rings is 1. The Hall–Kier alpha value is -2.04. The fourth-order valence-corrected chi connectivity index (χ4v) is 2.35. The van der Waals surface area contributed by atoms with Crippen molar-refractivity contribution in [2.24, 2.45) is 0 Å². The van der Waals surface area contributed by atoms with Gasteiger partial charge in [0.05, 0.1) is 0 Å². The second kappa shape index (κ2) is 4.91. The van der Waals surface area contributed by atoms with Crippen molar-refractivity contribution < 1.29 is 4.42 Å². The third kappa shape index (κ3) is 2.41. The fraction of sp³-hybridized carbons (Fsp3) is 0.429. The minimum absolute atomic E-state index is 0.559. The quantitative estimate of drug-likeness (QED) is 0.839. The maximum absolute atomic E-state index is 5.81. The van der Waals surface area contributed by atoms with E-state index in [0.29, 0.717) is 11.9 Å². The molecule has 5 nitrogen and oxygen atoms in total. The molecule has 0 amide bonds. The average Bonchev–Trinajstić information content (AvgIpc) is 2.93. The highest BCUT2D eigenvalue weighted by molar-refractivity contribution is 5.61. The Bertz CT molecular complexity index is 573. The van der Waals surface area contributed by atoms with Crippen molar-refractivity contribution in [2.45, 2.75) is 26.2 Å². The minimum Gasteiger partial charge on any atom is -0.403 e. The zero-order chi connectivity index (χ0) is 13.2. The number of aromatic nitrogens is 2. The molecule has 1 aliphatic heterocycles. The van der Waals surface area contributed by atoms with Gasteiger partial charge in [0.15, 0.2) is 0 Å². The first kappa shape index (κ1) is 12.0. The van der Waals surface area contributed by atoms with E-state index in [9.17, 15) is 0 Å². The Morgan fingerprint density at radius 3 is 2.68 bits per heavy atom. The summed E-state index contributed by atoms with van der Waals surface area (Å²) in [5.41, 5.74) is 8.53. The van der Waals surface area contributed by atoms with E-state index in [-0.39, 0.29) is 0 Å². The summed E-state index contributed by atoms with van der Waals surface area (Å²) in [5, 5.41) is 8.28. The van der Waals surface area contributed by atoms with E-state index in [4.69, 9.17) is 10.2 Å². The normalized spacial score (nSPS) is 15.7. The van der Waals surface area contributed by atoms with Crippen LogP contribution in [0.3, 0.4) is 0 Å². The summed E-state index contributed by atoms with van der Waals surface area (Å²) >= 11 is 0. The monoisotopic (exact) mass is 258 g/mol. The van der Waals surface area contributed by atoms with E-state index in [0.717, 1.165) is 29.9 Å². The zero-order valence-corrected chi connectivity index (χ0v) is 11.1. The van der Waals surface area contributed by atoms with Gasteiger partial charge in [0, 0.05) is 24.3 Å². The second-order valence-electron chi connectivity index (χ2n) is 5.01. The molecule has 0 saturated carbocycles. The van der Waals surface area contributed by atoms with Crippen molar-refractivity contribution in [2.75, 3.05) is 23.7 Å². The van der Waals surface area contributed by atoms with Gasteiger partial charge in [-0.1, -0.05) is 5.10 Å². The van der Waals surface area contributed by atoms with Crippen LogP contribution in [0.2, 0.25) is 0 Å². The largest absolute Gasteiger partial charge is 0.403 e. The predicted octanol–water partition coefficient (Wildman–Crippen LogP) is 2.62. The SMILES string of the molecule is Cc1cc(-c2nnc(N3CCCCC3)o2)ccc1N. The molecule has 5 heteroatoms. The molecule has 1 aromatic heterocycles. The van der Waals surface area contributed by atoms with Crippen LogP contribution >= 0.6 is 0 Å². The maximum Gasteiger partial charge on any atom is 0.318 e. The van der Waals surface area contributed by atoms with E-state index in [1.165, 1.54) is 19.3 Å². The number of hydrogen-bond acceptors (Lipinski definition) is 5. The standard InChI is InChI=1S/C14H18N4O/c1-10-9-11(5-6-12(10)15)13-16-17-14(19-13)18-7-3-2-4-8-18/h5-6,9H,2-4,7-8,15H2,1H3. The lowest BCUT2D eigenvalue weighted by molar-refractivity contribution is 0.498. The van der Waals surface area contributed by atoms with Crippen LogP contribution in [0.5, 0.6) is 0 Å². The van der Waals surface area contributed by atoms with Gasteiger partial charge in [0.1, 0.15) is 0 Å². The van der Waals surface area contributed by atoms with E-state index in [2.05, 4.69) is 15.1 Å². The highest BCUT2D eigenvalue weighted by Gasteiger charge is 2.17. The lowest BCUT2D eigenvalue weighted by Crippen LogP contribution is -2.29. The third-order valence-corrected chi connectivity index (χ3v) is 3.56. The van der Waals surface area contributed by atoms with Gasteiger partial charge in [0.25, 0.3) is 0 Å². The highest BCUT2D eigenvalue weighted by Crippen LogP contribution is 2.26. The van der Waals surface area contributed by atoms with Gasteiger partial charge in [-0.15, -0.1) is 5.10 Å². The highest BCUT2D eigenvalue weighted by atomic mass is 16.4. The van der Waals surface area contributed by atoms with Gasteiger partial charge < -0.3 is 15.1 Å². The Balaban J connectivity index is 1.85. The lowest BCUT2D eigenvalue weighted by Gasteiger charge is -2.24. The summed E-state index contributed by atoms with van der Waals surface area (Å²) in [6, 6.07) is 6.39. The average molecular weight is 258 g/mol. The van der Waals surface area contributed by atoms with Crippen molar-refractivity contribution in [1.82, 2.24) is 10.2 Å². The number of nitrogens with two attached hydrogens (primary N) is 1. The summed E-state index contributed by atoms with van der Waals surface area (Å²) in [4.78, 5) is 2.16. The Morgan fingerprint density at radius 2 is 1.95 bits per heavy atom. The number of aryl methyl sites for hydroxylation is 1. The van der Waals surface area contributed by atoms with E-state index in [1.807, 2.05) is 25.1 Å². The van der Waals surface area contributed by atoms with Crippen LogP contribution in [0.1, 0.15) is 24.8 Å². The topological polar surface area (TPSA) is 68.2 Å². The van der Waals surface area contributed by atoms with Crippen molar-refractivity contribution in [3.05, 3.63) is 23.8 Å². The van der Waals surface area contributed by atoms with Gasteiger partial charge >= 0.3 is 6.01 Å². The van der Waals surface area contributed by atoms with E-state index in [1.54, 1.807) is 0 Å². The molecule has 100 valence electrons. The van der Waals surface area contributed by atoms with Crippen LogP contribution in [-0.4, -0.2) is 23.3 Å². The molecule has 0 aliphatic carbocycles. The predicted molar refractivity (Wildman–Crippen MR) is 74.9 cm³/mol. The third-order valence-electron chi connectivity index (χ3n) is 3.56. The van der Waals surface area contributed by atoms with Crippen molar-refractivity contribution in [1.29, 1.82) is 0 Å². The molecule has 0 bridgehead atoms. The Labute approximate surface area is 112 Å². The molecule has 1 saturated heterocycles. The molecule has 0 spiro atoms. The van der Waals surface area contributed by atoms with Gasteiger partial charge in [0.2, 0.25) is 5.89 Å². The number of rotatable bonds is 2. The molecule has 1 aromatic carbocycles. The summed E-state index contributed by atoms with van der Waals surface area (Å²) < 4.78 is 5.77. The second-order valence-corrected chi connectivity index (χ2v) is 5.01. The van der Waals surface area contributed by atoms with Crippen molar-refractivity contribution in [3.63, 3.8) is 0 Å². The van der Waals surface area contributed by atoms with Gasteiger partial charge in [-0.05, 0) is 49.9 Å². The molecule has 1 fully saturated rings. The van der Waals surface area contributed by atoms with Gasteiger partial charge in [-0.2, -0.15) is 0 Å². The Kier molecular flexibility index (Phi) is 3.11. The van der Waals surface area contributed by atoms with Crippen molar-refractivity contribution in [3.8, 4) is 11.5 Å². The van der Waals surface area contributed by atoms with E-state index < -0.39 is 0 Å². The summed E-state index contributed by atoms with van der Waals surface area (Å²) in [6.07, 6.45) is 3.67. The molecular formula is C14H18N4O. The number of nitrogens with zero attached hydrogens (tertiary/aromatic N) is 3. The summed E-state index contributed by atoms with van der Waals surface area (Å²) in [7, 11) is 0. The first-order chi connectivity index (χ1) is 9.24. The molecule has 0 unspecified atom stereocenters. The smallest absolute Gasteiger partial charge is 0.318 e. The first-order valence-electron chi connectivity index (χ1n) is 6.69. The molecule has 19 heavy (non-hydrogen) atoms. The fourth-order valence-electron chi connectivity index (χ4n) is 2.35. The first-order valence-corrected chi connectivity index (χ1v) is 6.69. The Morgan fingerprint density at radius 1 is 1.16 bits per heavy atom. The molecule has 0 atom stereocenters. The number of hydrogen-bond donors (Lipinski definition) is 1. The molecule has 2 aromatic rings. The lowest BCUT2D eigenvalue weighted by atomic mass is 10.1. The molecule has 1 aliphatic rings. The van der Waals surface area contributed by atoms with Crippen molar-refractivity contribution >= 4 is 11.7 Å². The van der Waals surface area contributed by atoms with Gasteiger partial charge in [-0.3, -0.25) is 0 Å². The molecular weight excluding hydrogens is 240 g/mol. The molecule has 3 rings (SSSR count). The zero-order valence-electron chi connectivity index (χ0n) is 11.1. The van der Waals surface area contributed by atoms with Gasteiger partial charge in [-0.25, -0.2) is 0 Å². The minimum atomic E-state index is 0.559. The number of anilines is 2.